The van der Waals surface area contributed by atoms with Crippen LogP contribution >= 0.6 is 0 Å². The number of anilines is 1. The van der Waals surface area contributed by atoms with Crippen LogP contribution in [0.3, 0.4) is 0 Å². The van der Waals surface area contributed by atoms with Gasteiger partial charge < -0.3 is 15.5 Å². The van der Waals surface area contributed by atoms with Crippen molar-refractivity contribution in [1.29, 1.82) is 0 Å². The topological polar surface area (TPSA) is 99.9 Å². The van der Waals surface area contributed by atoms with Crippen molar-refractivity contribution in [3.63, 3.8) is 0 Å². The number of fused-ring (bicyclic) bond motifs is 1. The lowest BCUT2D eigenvalue weighted by Crippen LogP contribution is -2.45. The van der Waals surface area contributed by atoms with Crippen molar-refractivity contribution in [2.75, 3.05) is 23.8 Å². The number of benzene rings is 1. The third kappa shape index (κ3) is 3.26. The molecule has 0 saturated carbocycles. The van der Waals surface area contributed by atoms with Gasteiger partial charge in [-0.25, -0.2) is 9.97 Å². The van der Waals surface area contributed by atoms with E-state index in [1.165, 1.54) is 4.79 Å². The minimum absolute atomic E-state index is 0.151. The molecule has 0 bridgehead atoms. The lowest BCUT2D eigenvalue weighted by atomic mass is 10.1. The van der Waals surface area contributed by atoms with E-state index in [1.807, 2.05) is 37.6 Å². The van der Waals surface area contributed by atoms with Gasteiger partial charge in [0.05, 0.1) is 29.6 Å². The van der Waals surface area contributed by atoms with Crippen LogP contribution in [0.2, 0.25) is 0 Å². The van der Waals surface area contributed by atoms with E-state index in [9.17, 15) is 0 Å². The second-order valence-corrected chi connectivity index (χ2v) is 7.85. The monoisotopic (exact) mass is 404 g/mol. The smallest absolute Gasteiger partial charge is 0.132 e. The average Bonchev–Trinajstić information content (AvgIpc) is 3.30. The van der Waals surface area contributed by atoms with Crippen molar-refractivity contribution in [2.45, 2.75) is 26.1 Å². The van der Waals surface area contributed by atoms with Crippen LogP contribution in [0.1, 0.15) is 13.8 Å². The number of hydrogen-bond donors (Lipinski definition) is 1. The largest absolute Gasteiger partial charge is 0.372 e. The van der Waals surface area contributed by atoms with Crippen molar-refractivity contribution in [2.24, 2.45) is 7.05 Å². The summed E-state index contributed by atoms with van der Waals surface area (Å²) in [6.45, 7) is 5.73. The Morgan fingerprint density at radius 3 is 2.60 bits per heavy atom. The highest BCUT2D eigenvalue weighted by Crippen LogP contribution is 2.31. The molecule has 1 fully saturated rings. The molecule has 0 aliphatic carbocycles. The molecule has 154 valence electrons. The van der Waals surface area contributed by atoms with Crippen molar-refractivity contribution in [3.8, 4) is 22.5 Å². The molecule has 2 N–H and O–H groups in total. The predicted molar refractivity (Wildman–Crippen MR) is 115 cm³/mol. The van der Waals surface area contributed by atoms with E-state index in [4.69, 9.17) is 10.6 Å². The molecule has 2 atom stereocenters. The molecule has 1 aromatic carbocycles. The summed E-state index contributed by atoms with van der Waals surface area (Å²) in [5, 5.41) is 9.76. The number of aromatic nitrogens is 6. The molecule has 0 radical (unpaired) electrons. The van der Waals surface area contributed by atoms with Crippen LogP contribution in [0, 0.1) is 0 Å². The highest BCUT2D eigenvalue weighted by Gasteiger charge is 2.24. The Morgan fingerprint density at radius 2 is 1.87 bits per heavy atom. The maximum atomic E-state index is 6.14. The molecule has 1 aliphatic heterocycles. The summed E-state index contributed by atoms with van der Waals surface area (Å²) in [6.07, 6.45) is 5.72. The van der Waals surface area contributed by atoms with Crippen molar-refractivity contribution in [1.82, 2.24) is 29.6 Å². The van der Waals surface area contributed by atoms with Gasteiger partial charge in [-0.05, 0) is 31.5 Å². The zero-order valence-electron chi connectivity index (χ0n) is 17.2. The van der Waals surface area contributed by atoms with Gasteiger partial charge in [0.2, 0.25) is 0 Å². The van der Waals surface area contributed by atoms with E-state index >= 15 is 0 Å². The summed E-state index contributed by atoms with van der Waals surface area (Å²) < 4.78 is 7.63. The molecular weight excluding hydrogens is 380 g/mol. The fraction of sp³-hybridized carbons (Fsp3) is 0.333. The highest BCUT2D eigenvalue weighted by atomic mass is 16.5. The number of nitrogens with zero attached hydrogens (tertiary/aromatic N) is 7. The molecular formula is C21H24N8O. The van der Waals surface area contributed by atoms with E-state index in [2.05, 4.69) is 45.0 Å². The van der Waals surface area contributed by atoms with Crippen LogP contribution in [-0.4, -0.2) is 54.9 Å². The molecule has 0 spiro atoms. The number of nitrogen functional groups attached to an aromatic ring is 1. The molecule has 1 saturated heterocycles. The van der Waals surface area contributed by atoms with Crippen LogP contribution in [0.4, 0.5) is 5.82 Å². The molecule has 5 rings (SSSR count). The van der Waals surface area contributed by atoms with Gasteiger partial charge in [0.15, 0.2) is 0 Å². The summed E-state index contributed by atoms with van der Waals surface area (Å²) in [4.78, 5) is 12.6. The van der Waals surface area contributed by atoms with Gasteiger partial charge in [-0.2, -0.15) is 9.89 Å². The fourth-order valence-corrected chi connectivity index (χ4v) is 4.09. The summed E-state index contributed by atoms with van der Waals surface area (Å²) in [6, 6.07) is 8.06. The second-order valence-electron chi connectivity index (χ2n) is 7.85. The van der Waals surface area contributed by atoms with E-state index in [0.717, 1.165) is 52.3 Å². The third-order valence-electron chi connectivity index (χ3n) is 5.38. The van der Waals surface area contributed by atoms with Gasteiger partial charge in [-0.1, -0.05) is 6.07 Å². The molecule has 3 aromatic heterocycles. The van der Waals surface area contributed by atoms with Crippen LogP contribution < -0.4 is 10.7 Å². The van der Waals surface area contributed by atoms with E-state index in [0.29, 0.717) is 0 Å². The molecule has 1 aliphatic rings. The summed E-state index contributed by atoms with van der Waals surface area (Å²) in [7, 11) is 1.90. The molecule has 0 amide bonds. The summed E-state index contributed by atoms with van der Waals surface area (Å²) in [5.41, 5.74) is 4.40. The third-order valence-corrected chi connectivity index (χ3v) is 5.38. The van der Waals surface area contributed by atoms with Gasteiger partial charge in [0, 0.05) is 43.4 Å². The maximum absolute atomic E-state index is 6.14. The first-order valence-corrected chi connectivity index (χ1v) is 9.97. The number of rotatable bonds is 3. The number of morpholine rings is 1. The lowest BCUT2D eigenvalue weighted by molar-refractivity contribution is -0.00546. The Balaban J connectivity index is 1.57. The fourth-order valence-electron chi connectivity index (χ4n) is 4.09. The first-order valence-electron chi connectivity index (χ1n) is 9.97. The highest BCUT2D eigenvalue weighted by molar-refractivity contribution is 5.95. The molecule has 0 unspecified atom stereocenters. The molecule has 4 aromatic rings. The standard InChI is InChI=1S/C21H24N8O/c1-13-9-28(10-14(2)30-13)20-7-18(23-12-24-20)21-17-6-15(16-8-25-27(3)11-16)4-5-19(17)29(22)26-21/h4-8,11-14H,9-10,22H2,1-3H3/t13-,14+. The Hall–Kier alpha value is -3.46. The number of ether oxygens (including phenoxy) is 1. The van der Waals surface area contributed by atoms with Crippen LogP contribution in [0.5, 0.6) is 0 Å². The van der Waals surface area contributed by atoms with Crippen LogP contribution in [0.25, 0.3) is 33.4 Å². The summed E-state index contributed by atoms with van der Waals surface area (Å²) >= 11 is 0. The Bertz CT molecular complexity index is 1200. The first-order chi connectivity index (χ1) is 14.5. The molecule has 4 heterocycles. The maximum Gasteiger partial charge on any atom is 0.132 e. The van der Waals surface area contributed by atoms with E-state index < -0.39 is 0 Å². The molecule has 30 heavy (non-hydrogen) atoms. The minimum atomic E-state index is 0.151. The van der Waals surface area contributed by atoms with Gasteiger partial charge in [-0.15, -0.1) is 5.10 Å². The van der Waals surface area contributed by atoms with Crippen molar-refractivity contribution >= 4 is 16.7 Å². The van der Waals surface area contributed by atoms with Crippen molar-refractivity contribution in [3.05, 3.63) is 43.0 Å². The van der Waals surface area contributed by atoms with E-state index in [1.54, 1.807) is 11.0 Å². The number of aryl methyl sites for hydroxylation is 1. The SMILES string of the molecule is C[C@@H]1CN(c2cc(-c3nn(N)c4ccc(-c5cnn(C)c5)cc34)ncn2)C[C@H](C)O1. The zero-order valence-corrected chi connectivity index (χ0v) is 17.2. The number of hydrogen-bond acceptors (Lipinski definition) is 7. The van der Waals surface area contributed by atoms with Gasteiger partial charge in [0.25, 0.3) is 0 Å². The Labute approximate surface area is 174 Å². The van der Waals surface area contributed by atoms with E-state index in [-0.39, 0.29) is 12.2 Å². The average molecular weight is 404 g/mol. The molecule has 9 heteroatoms. The number of nitrogens with two attached hydrogens (primary N) is 1. The lowest BCUT2D eigenvalue weighted by Gasteiger charge is -2.36. The molecule has 9 nitrogen and oxygen atoms in total. The van der Waals surface area contributed by atoms with Gasteiger partial charge >= 0.3 is 0 Å². The Kier molecular flexibility index (Phi) is 4.39. The summed E-state index contributed by atoms with van der Waals surface area (Å²) in [5.74, 6) is 7.01. The van der Waals surface area contributed by atoms with Crippen LogP contribution in [0.15, 0.2) is 43.0 Å². The van der Waals surface area contributed by atoms with Gasteiger partial charge in [0.1, 0.15) is 17.8 Å². The zero-order chi connectivity index (χ0) is 20.8. The first kappa shape index (κ1) is 18.6. The van der Waals surface area contributed by atoms with Crippen LogP contribution in [-0.2, 0) is 11.8 Å². The quantitative estimate of drug-likeness (QED) is 0.523. The Morgan fingerprint density at radius 1 is 1.07 bits per heavy atom. The van der Waals surface area contributed by atoms with Gasteiger partial charge in [-0.3, -0.25) is 4.68 Å². The second kappa shape index (κ2) is 7.10. The minimum Gasteiger partial charge on any atom is -0.372 e. The van der Waals surface area contributed by atoms with Crippen molar-refractivity contribution < 1.29 is 4.74 Å². The predicted octanol–water partition coefficient (Wildman–Crippen LogP) is 2.22. The normalized spacial score (nSPS) is 19.5.